The highest BCUT2D eigenvalue weighted by Crippen LogP contribution is 2.17. The second-order valence-corrected chi connectivity index (χ2v) is 7.99. The van der Waals surface area contributed by atoms with Crippen molar-refractivity contribution < 1.29 is 4.79 Å². The number of hydrogen-bond donors (Lipinski definition) is 0. The summed E-state index contributed by atoms with van der Waals surface area (Å²) in [5.74, 6) is 2.34. The lowest BCUT2D eigenvalue weighted by atomic mass is 10.2. The largest absolute Gasteiger partial charge is 0.336 e. The van der Waals surface area contributed by atoms with Gasteiger partial charge in [0.05, 0.1) is 6.54 Å². The first-order chi connectivity index (χ1) is 12.7. The lowest BCUT2D eigenvalue weighted by Crippen LogP contribution is -2.48. The molecule has 1 aromatic carbocycles. The van der Waals surface area contributed by atoms with Gasteiger partial charge in [0.2, 0.25) is 0 Å². The SMILES string of the molecule is O=C(c1ccc(Br)cc1)N1CCN(Cc2nnc3n2CCCCC3)CC1. The fraction of sp³-hybridized carbons (Fsp3) is 0.526. The van der Waals surface area contributed by atoms with Crippen LogP contribution in [0.4, 0.5) is 0 Å². The quantitative estimate of drug-likeness (QED) is 0.770. The fourth-order valence-electron chi connectivity index (χ4n) is 3.75. The average Bonchev–Trinajstić information content (AvgIpc) is 2.89. The van der Waals surface area contributed by atoms with Crippen molar-refractivity contribution in [1.82, 2.24) is 24.6 Å². The number of aryl methyl sites for hydroxylation is 1. The summed E-state index contributed by atoms with van der Waals surface area (Å²) in [5.41, 5.74) is 0.754. The lowest BCUT2D eigenvalue weighted by Gasteiger charge is -2.34. The van der Waals surface area contributed by atoms with Gasteiger partial charge < -0.3 is 9.47 Å². The second kappa shape index (κ2) is 7.88. The van der Waals surface area contributed by atoms with Crippen molar-refractivity contribution in [2.75, 3.05) is 26.2 Å². The maximum atomic E-state index is 12.6. The van der Waals surface area contributed by atoms with Gasteiger partial charge in [-0.1, -0.05) is 22.4 Å². The van der Waals surface area contributed by atoms with Gasteiger partial charge in [0.1, 0.15) is 11.6 Å². The summed E-state index contributed by atoms with van der Waals surface area (Å²) in [6.07, 6.45) is 4.75. The Morgan fingerprint density at radius 3 is 2.50 bits per heavy atom. The van der Waals surface area contributed by atoms with Gasteiger partial charge in [-0.2, -0.15) is 0 Å². The Morgan fingerprint density at radius 2 is 1.73 bits per heavy atom. The molecule has 26 heavy (non-hydrogen) atoms. The predicted molar refractivity (Wildman–Crippen MR) is 103 cm³/mol. The Kier molecular flexibility index (Phi) is 5.36. The van der Waals surface area contributed by atoms with Crippen LogP contribution in [-0.4, -0.2) is 56.7 Å². The molecule has 6 nitrogen and oxygen atoms in total. The minimum Gasteiger partial charge on any atom is -0.336 e. The summed E-state index contributed by atoms with van der Waals surface area (Å²) < 4.78 is 3.30. The first kappa shape index (κ1) is 17.7. The zero-order chi connectivity index (χ0) is 17.9. The highest BCUT2D eigenvalue weighted by Gasteiger charge is 2.24. The lowest BCUT2D eigenvalue weighted by molar-refractivity contribution is 0.0624. The molecule has 4 rings (SSSR count). The minimum atomic E-state index is 0.119. The van der Waals surface area contributed by atoms with E-state index in [0.717, 1.165) is 67.4 Å². The standard InChI is InChI=1S/C19H24BrN5O/c20-16-7-5-15(6-8-16)19(26)24-12-10-23(11-13-24)14-18-22-21-17-4-2-1-3-9-25(17)18/h5-8H,1-4,9-14H2. The van der Waals surface area contributed by atoms with Gasteiger partial charge in [-0.05, 0) is 37.1 Å². The van der Waals surface area contributed by atoms with Gasteiger partial charge in [0.15, 0.2) is 0 Å². The third kappa shape index (κ3) is 3.83. The molecule has 1 amide bonds. The van der Waals surface area contributed by atoms with Crippen LogP contribution in [0.2, 0.25) is 0 Å². The number of benzene rings is 1. The highest BCUT2D eigenvalue weighted by atomic mass is 79.9. The summed E-state index contributed by atoms with van der Waals surface area (Å²) in [4.78, 5) is 17.0. The normalized spacial score (nSPS) is 18.4. The zero-order valence-corrected chi connectivity index (χ0v) is 16.5. The minimum absolute atomic E-state index is 0.119. The van der Waals surface area contributed by atoms with Crippen molar-refractivity contribution in [2.24, 2.45) is 0 Å². The van der Waals surface area contributed by atoms with Crippen LogP contribution >= 0.6 is 15.9 Å². The maximum Gasteiger partial charge on any atom is 0.253 e. The molecular weight excluding hydrogens is 394 g/mol. The monoisotopic (exact) mass is 417 g/mol. The third-order valence-corrected chi connectivity index (χ3v) is 5.83. The van der Waals surface area contributed by atoms with Gasteiger partial charge in [-0.3, -0.25) is 9.69 Å². The molecule has 2 aliphatic rings. The van der Waals surface area contributed by atoms with Crippen LogP contribution in [0, 0.1) is 0 Å². The Labute approximate surface area is 162 Å². The number of piperazine rings is 1. The molecule has 1 fully saturated rings. The van der Waals surface area contributed by atoms with E-state index in [0.29, 0.717) is 0 Å². The number of rotatable bonds is 3. The predicted octanol–water partition coefficient (Wildman–Crippen LogP) is 2.73. The Hall–Kier alpha value is -1.73. The third-order valence-electron chi connectivity index (χ3n) is 5.30. The summed E-state index contributed by atoms with van der Waals surface area (Å²) in [5, 5.41) is 8.82. The van der Waals surface area contributed by atoms with Crippen molar-refractivity contribution in [3.8, 4) is 0 Å². The zero-order valence-electron chi connectivity index (χ0n) is 14.9. The second-order valence-electron chi connectivity index (χ2n) is 7.07. The molecule has 138 valence electrons. The van der Waals surface area contributed by atoms with E-state index in [2.05, 4.69) is 35.6 Å². The van der Waals surface area contributed by atoms with Crippen LogP contribution in [0.1, 0.15) is 41.3 Å². The highest BCUT2D eigenvalue weighted by molar-refractivity contribution is 9.10. The van der Waals surface area contributed by atoms with Gasteiger partial charge >= 0.3 is 0 Å². The summed E-state index contributed by atoms with van der Waals surface area (Å²) in [7, 11) is 0. The smallest absolute Gasteiger partial charge is 0.253 e. The number of aromatic nitrogens is 3. The molecule has 0 N–H and O–H groups in total. The molecule has 1 saturated heterocycles. The molecular formula is C19H24BrN5O. The van der Waals surface area contributed by atoms with E-state index in [1.165, 1.54) is 19.3 Å². The molecule has 0 bridgehead atoms. The molecule has 0 spiro atoms. The van der Waals surface area contributed by atoms with E-state index < -0.39 is 0 Å². The molecule has 3 heterocycles. The summed E-state index contributed by atoms with van der Waals surface area (Å²) in [6, 6.07) is 7.59. The molecule has 0 aliphatic carbocycles. The number of hydrogen-bond acceptors (Lipinski definition) is 4. The van der Waals surface area contributed by atoms with Crippen LogP contribution < -0.4 is 0 Å². The van der Waals surface area contributed by atoms with E-state index in [-0.39, 0.29) is 5.91 Å². The Balaban J connectivity index is 1.35. The van der Waals surface area contributed by atoms with E-state index in [9.17, 15) is 4.79 Å². The molecule has 0 atom stereocenters. The Morgan fingerprint density at radius 1 is 0.962 bits per heavy atom. The summed E-state index contributed by atoms with van der Waals surface area (Å²) in [6.45, 7) is 5.15. The number of halogens is 1. The first-order valence-corrected chi connectivity index (χ1v) is 10.2. The Bertz CT molecular complexity index is 765. The van der Waals surface area contributed by atoms with Crippen LogP contribution in [0.25, 0.3) is 0 Å². The number of nitrogens with zero attached hydrogens (tertiary/aromatic N) is 5. The molecule has 1 aromatic heterocycles. The number of amides is 1. The number of carbonyl (C=O) groups excluding carboxylic acids is 1. The van der Waals surface area contributed by atoms with Crippen molar-refractivity contribution >= 4 is 21.8 Å². The van der Waals surface area contributed by atoms with Gasteiger partial charge in [0.25, 0.3) is 5.91 Å². The van der Waals surface area contributed by atoms with Crippen molar-refractivity contribution in [3.63, 3.8) is 0 Å². The topological polar surface area (TPSA) is 54.3 Å². The fourth-order valence-corrected chi connectivity index (χ4v) is 4.01. The molecule has 0 radical (unpaired) electrons. The molecule has 2 aliphatic heterocycles. The maximum absolute atomic E-state index is 12.6. The summed E-state index contributed by atoms with van der Waals surface area (Å²) >= 11 is 3.41. The number of carbonyl (C=O) groups is 1. The van der Waals surface area contributed by atoms with Crippen molar-refractivity contribution in [2.45, 2.75) is 38.8 Å². The van der Waals surface area contributed by atoms with Gasteiger partial charge in [-0.25, -0.2) is 0 Å². The van der Waals surface area contributed by atoms with Gasteiger partial charge in [-0.15, -0.1) is 10.2 Å². The van der Waals surface area contributed by atoms with Gasteiger partial charge in [0, 0.05) is 49.2 Å². The molecule has 0 unspecified atom stereocenters. The van der Waals surface area contributed by atoms with Crippen LogP contribution in [-0.2, 0) is 19.5 Å². The first-order valence-electron chi connectivity index (χ1n) is 9.39. The van der Waals surface area contributed by atoms with Crippen LogP contribution in [0.15, 0.2) is 28.7 Å². The van der Waals surface area contributed by atoms with E-state index in [4.69, 9.17) is 0 Å². The van der Waals surface area contributed by atoms with E-state index >= 15 is 0 Å². The van der Waals surface area contributed by atoms with E-state index in [1.54, 1.807) is 0 Å². The average molecular weight is 418 g/mol. The van der Waals surface area contributed by atoms with E-state index in [1.807, 2.05) is 29.2 Å². The van der Waals surface area contributed by atoms with Crippen molar-refractivity contribution in [1.29, 1.82) is 0 Å². The molecule has 0 saturated carbocycles. The number of fused-ring (bicyclic) bond motifs is 1. The van der Waals surface area contributed by atoms with Crippen LogP contribution in [0.5, 0.6) is 0 Å². The van der Waals surface area contributed by atoms with Crippen LogP contribution in [0.3, 0.4) is 0 Å². The molecule has 2 aromatic rings. The molecule has 7 heteroatoms. The van der Waals surface area contributed by atoms with Crippen molar-refractivity contribution in [3.05, 3.63) is 46.0 Å².